The molecule has 0 amide bonds. The number of benzene rings is 1. The van der Waals surface area contributed by atoms with Crippen molar-refractivity contribution >= 4 is 23.2 Å². The highest BCUT2D eigenvalue weighted by Gasteiger charge is 2.18. The lowest BCUT2D eigenvalue weighted by atomic mass is 10.0. The number of methoxy groups -OCH3 is 1. The summed E-state index contributed by atoms with van der Waals surface area (Å²) >= 11 is 12.6. The van der Waals surface area contributed by atoms with E-state index < -0.39 is 0 Å². The van der Waals surface area contributed by atoms with Crippen LogP contribution >= 0.6 is 23.2 Å². The third-order valence-electron chi connectivity index (χ3n) is 2.65. The molecule has 1 atom stereocenters. The second kappa shape index (κ2) is 5.03. The predicted octanol–water partition coefficient (Wildman–Crippen LogP) is 4.58. The fraction of sp³-hybridized carbons (Fsp3) is 0.231. The second-order valence-corrected chi connectivity index (χ2v) is 4.53. The van der Waals surface area contributed by atoms with E-state index >= 15 is 0 Å². The molecular formula is C13H12Cl2O2. The summed E-state index contributed by atoms with van der Waals surface area (Å²) in [6, 6.07) is 7.31. The van der Waals surface area contributed by atoms with E-state index in [0.29, 0.717) is 10.8 Å². The van der Waals surface area contributed by atoms with E-state index in [-0.39, 0.29) is 5.38 Å². The van der Waals surface area contributed by atoms with Crippen LogP contribution < -0.4 is 4.74 Å². The molecule has 2 rings (SSSR count). The molecule has 90 valence electrons. The van der Waals surface area contributed by atoms with E-state index in [2.05, 4.69) is 0 Å². The Morgan fingerprint density at radius 3 is 2.53 bits per heavy atom. The minimum Gasteiger partial charge on any atom is -0.497 e. The van der Waals surface area contributed by atoms with Gasteiger partial charge in [0.1, 0.15) is 11.5 Å². The minimum atomic E-state index is -0.313. The number of ether oxygens (including phenoxy) is 1. The highest BCUT2D eigenvalue weighted by Crippen LogP contribution is 2.36. The molecule has 1 heterocycles. The van der Waals surface area contributed by atoms with Crippen LogP contribution in [-0.4, -0.2) is 7.11 Å². The van der Waals surface area contributed by atoms with Crippen molar-refractivity contribution in [2.24, 2.45) is 0 Å². The Balaban J connectivity index is 2.38. The first kappa shape index (κ1) is 12.3. The first-order valence-corrected chi connectivity index (χ1v) is 5.96. The first-order chi connectivity index (χ1) is 8.13. The summed E-state index contributed by atoms with van der Waals surface area (Å²) in [4.78, 5) is 0. The van der Waals surface area contributed by atoms with E-state index in [1.807, 2.05) is 25.1 Å². The van der Waals surface area contributed by atoms with Crippen molar-refractivity contribution in [3.05, 3.63) is 52.4 Å². The molecule has 0 bridgehead atoms. The van der Waals surface area contributed by atoms with Crippen LogP contribution in [0, 0.1) is 6.92 Å². The summed E-state index contributed by atoms with van der Waals surface area (Å²) in [7, 11) is 1.60. The van der Waals surface area contributed by atoms with Gasteiger partial charge in [0.2, 0.25) is 0 Å². The monoisotopic (exact) mass is 270 g/mol. The molecule has 2 aromatic rings. The molecule has 2 nitrogen and oxygen atoms in total. The van der Waals surface area contributed by atoms with Crippen molar-refractivity contribution in [1.29, 1.82) is 0 Å². The lowest BCUT2D eigenvalue weighted by Gasteiger charge is -2.12. The average molecular weight is 271 g/mol. The highest BCUT2D eigenvalue weighted by molar-refractivity contribution is 6.33. The van der Waals surface area contributed by atoms with Gasteiger partial charge in [-0.3, -0.25) is 0 Å². The summed E-state index contributed by atoms with van der Waals surface area (Å²) in [6.07, 6.45) is 1.62. The zero-order chi connectivity index (χ0) is 12.4. The Bertz CT molecular complexity index is 520. The van der Waals surface area contributed by atoms with E-state index in [9.17, 15) is 0 Å². The summed E-state index contributed by atoms with van der Waals surface area (Å²) in [5.74, 6) is 1.52. The first-order valence-electron chi connectivity index (χ1n) is 5.15. The van der Waals surface area contributed by atoms with Gasteiger partial charge in [-0.25, -0.2) is 0 Å². The van der Waals surface area contributed by atoms with Crippen molar-refractivity contribution in [2.45, 2.75) is 12.3 Å². The van der Waals surface area contributed by atoms with Crippen LogP contribution in [0.2, 0.25) is 5.02 Å². The minimum absolute atomic E-state index is 0.313. The molecule has 0 radical (unpaired) electrons. The summed E-state index contributed by atoms with van der Waals surface area (Å²) in [6.45, 7) is 1.88. The molecule has 0 N–H and O–H groups in total. The zero-order valence-corrected chi connectivity index (χ0v) is 11.0. The van der Waals surface area contributed by atoms with E-state index in [1.54, 1.807) is 19.4 Å². The van der Waals surface area contributed by atoms with Gasteiger partial charge >= 0.3 is 0 Å². The lowest BCUT2D eigenvalue weighted by molar-refractivity contribution is 0.414. The predicted molar refractivity (Wildman–Crippen MR) is 69.1 cm³/mol. The molecular weight excluding hydrogens is 259 g/mol. The smallest absolute Gasteiger partial charge is 0.120 e. The van der Waals surface area contributed by atoms with Crippen molar-refractivity contribution in [2.75, 3.05) is 7.11 Å². The standard InChI is InChI=1S/C13H12Cl2O2/c1-8-10(5-6-17-8)13(15)11-4-3-9(16-2)7-12(11)14/h3-7,13H,1-2H3. The number of hydrogen-bond acceptors (Lipinski definition) is 2. The Kier molecular flexibility index (Phi) is 3.65. The third kappa shape index (κ3) is 2.43. The van der Waals surface area contributed by atoms with Crippen LogP contribution in [0.25, 0.3) is 0 Å². The van der Waals surface area contributed by atoms with Crippen LogP contribution in [0.1, 0.15) is 22.3 Å². The number of aryl methyl sites for hydroxylation is 1. The Morgan fingerprint density at radius 1 is 1.24 bits per heavy atom. The molecule has 17 heavy (non-hydrogen) atoms. The van der Waals surface area contributed by atoms with Crippen LogP contribution in [0.15, 0.2) is 34.9 Å². The third-order valence-corrected chi connectivity index (χ3v) is 3.45. The van der Waals surface area contributed by atoms with Gasteiger partial charge in [0, 0.05) is 10.6 Å². The Labute approximate surface area is 110 Å². The van der Waals surface area contributed by atoms with Gasteiger partial charge in [0.05, 0.1) is 18.8 Å². The summed E-state index contributed by atoms with van der Waals surface area (Å²) < 4.78 is 10.3. The van der Waals surface area contributed by atoms with Gasteiger partial charge in [0.25, 0.3) is 0 Å². The second-order valence-electron chi connectivity index (χ2n) is 3.68. The zero-order valence-electron chi connectivity index (χ0n) is 9.54. The van der Waals surface area contributed by atoms with Crippen LogP contribution in [0.3, 0.4) is 0 Å². The largest absolute Gasteiger partial charge is 0.497 e. The summed E-state index contributed by atoms with van der Waals surface area (Å²) in [5, 5.41) is 0.275. The molecule has 0 saturated heterocycles. The van der Waals surface area contributed by atoms with Crippen molar-refractivity contribution < 1.29 is 9.15 Å². The molecule has 0 spiro atoms. The van der Waals surface area contributed by atoms with Crippen LogP contribution in [0.4, 0.5) is 0 Å². The topological polar surface area (TPSA) is 22.4 Å². The van der Waals surface area contributed by atoms with Gasteiger partial charge in [0.15, 0.2) is 0 Å². The van der Waals surface area contributed by atoms with E-state index in [4.69, 9.17) is 32.4 Å². The highest BCUT2D eigenvalue weighted by atomic mass is 35.5. The molecule has 4 heteroatoms. The molecule has 0 saturated carbocycles. The van der Waals surface area contributed by atoms with Crippen molar-refractivity contribution in [1.82, 2.24) is 0 Å². The number of halogens is 2. The van der Waals surface area contributed by atoms with E-state index in [0.717, 1.165) is 16.9 Å². The molecule has 0 aliphatic rings. The molecule has 0 aliphatic heterocycles. The number of hydrogen-bond donors (Lipinski definition) is 0. The molecule has 1 aromatic heterocycles. The quantitative estimate of drug-likeness (QED) is 0.762. The van der Waals surface area contributed by atoms with Gasteiger partial charge in [-0.05, 0) is 30.7 Å². The van der Waals surface area contributed by atoms with Crippen molar-refractivity contribution in [3.8, 4) is 5.75 Å². The Morgan fingerprint density at radius 2 is 2.00 bits per heavy atom. The average Bonchev–Trinajstić information content (AvgIpc) is 2.74. The summed E-state index contributed by atoms with van der Waals surface area (Å²) in [5.41, 5.74) is 1.78. The SMILES string of the molecule is COc1ccc(C(Cl)c2ccoc2C)c(Cl)c1. The molecule has 0 aliphatic carbocycles. The van der Waals surface area contributed by atoms with E-state index in [1.165, 1.54) is 0 Å². The van der Waals surface area contributed by atoms with Crippen molar-refractivity contribution in [3.63, 3.8) is 0 Å². The normalized spacial score (nSPS) is 12.5. The maximum absolute atomic E-state index is 6.39. The molecule has 0 fully saturated rings. The van der Waals surface area contributed by atoms with Crippen LogP contribution in [0.5, 0.6) is 5.75 Å². The number of alkyl halides is 1. The van der Waals surface area contributed by atoms with Gasteiger partial charge in [-0.2, -0.15) is 0 Å². The molecule has 1 unspecified atom stereocenters. The van der Waals surface area contributed by atoms with Crippen LogP contribution in [-0.2, 0) is 0 Å². The fourth-order valence-electron chi connectivity index (χ4n) is 1.67. The Hall–Kier alpha value is -1.12. The number of rotatable bonds is 3. The molecule has 1 aromatic carbocycles. The maximum atomic E-state index is 6.39. The fourth-order valence-corrected chi connectivity index (χ4v) is 2.42. The van der Waals surface area contributed by atoms with Gasteiger partial charge in [-0.1, -0.05) is 17.7 Å². The maximum Gasteiger partial charge on any atom is 0.120 e. The number of furan rings is 1. The van der Waals surface area contributed by atoms with Gasteiger partial charge in [-0.15, -0.1) is 11.6 Å². The lowest BCUT2D eigenvalue weighted by Crippen LogP contribution is -1.95. The van der Waals surface area contributed by atoms with Gasteiger partial charge < -0.3 is 9.15 Å².